The van der Waals surface area contributed by atoms with Crippen LogP contribution in [0.5, 0.6) is 11.5 Å². The van der Waals surface area contributed by atoms with Crippen LogP contribution in [0.4, 0.5) is 0 Å². The van der Waals surface area contributed by atoms with Gasteiger partial charge in [0, 0.05) is 6.07 Å². The number of benzene rings is 2. The number of rotatable bonds is 7. The summed E-state index contributed by atoms with van der Waals surface area (Å²) in [5.74, 6) is 1.13. The first-order valence-corrected chi connectivity index (χ1v) is 8.24. The first kappa shape index (κ1) is 17.8. The zero-order chi connectivity index (χ0) is 18.7. The fourth-order valence-corrected chi connectivity index (χ4v) is 2.63. The summed E-state index contributed by atoms with van der Waals surface area (Å²) >= 11 is 0. The highest BCUT2D eigenvalue weighted by Gasteiger charge is 2.14. The number of carbonyl (C=O) groups is 1. The summed E-state index contributed by atoms with van der Waals surface area (Å²) < 4.78 is 11.1. The molecule has 0 amide bonds. The fourth-order valence-electron chi connectivity index (χ4n) is 2.63. The van der Waals surface area contributed by atoms with Gasteiger partial charge in [-0.05, 0) is 43.2 Å². The Morgan fingerprint density at radius 2 is 1.92 bits per heavy atom. The largest absolute Gasteiger partial charge is 0.497 e. The smallest absolute Gasteiger partial charge is 0.320 e. The number of hydrogen-bond acceptors (Lipinski definition) is 5. The van der Waals surface area contributed by atoms with Crippen LogP contribution in [0.1, 0.15) is 24.4 Å². The molecule has 7 nitrogen and oxygen atoms in total. The molecule has 0 aliphatic rings. The molecule has 0 saturated carbocycles. The molecule has 0 spiro atoms. The van der Waals surface area contributed by atoms with E-state index in [0.717, 1.165) is 22.3 Å². The predicted octanol–water partition coefficient (Wildman–Crippen LogP) is 2.67. The third kappa shape index (κ3) is 3.94. The standard InChI is InChI=1S/C19H21N3O4/c1-11(18-21-16-8-7-14(25-2)10-17(16)22-18)26-13-5-3-12(4-6-13)9-15(20)19(23)24/h3-8,10-11,15H,9,20H2,1-2H3,(H,21,22)(H,23,24). The first-order valence-electron chi connectivity index (χ1n) is 8.24. The predicted molar refractivity (Wildman–Crippen MR) is 97.4 cm³/mol. The number of carboxylic acids is 1. The van der Waals surface area contributed by atoms with E-state index in [-0.39, 0.29) is 12.5 Å². The summed E-state index contributed by atoms with van der Waals surface area (Å²) in [5.41, 5.74) is 8.12. The summed E-state index contributed by atoms with van der Waals surface area (Å²) in [6, 6.07) is 12.0. The molecule has 0 aliphatic heterocycles. The number of ether oxygens (including phenoxy) is 2. The Morgan fingerprint density at radius 3 is 2.58 bits per heavy atom. The molecule has 1 aromatic heterocycles. The lowest BCUT2D eigenvalue weighted by Crippen LogP contribution is -2.32. The van der Waals surface area contributed by atoms with Crippen molar-refractivity contribution >= 4 is 17.0 Å². The lowest BCUT2D eigenvalue weighted by Gasteiger charge is -2.13. The van der Waals surface area contributed by atoms with Crippen LogP contribution in [-0.4, -0.2) is 34.2 Å². The molecule has 2 atom stereocenters. The van der Waals surface area contributed by atoms with Crippen molar-refractivity contribution in [2.24, 2.45) is 5.73 Å². The number of fused-ring (bicyclic) bond motifs is 1. The van der Waals surface area contributed by atoms with Crippen LogP contribution in [0.25, 0.3) is 11.0 Å². The van der Waals surface area contributed by atoms with Gasteiger partial charge in [-0.15, -0.1) is 0 Å². The van der Waals surface area contributed by atoms with Gasteiger partial charge in [0.2, 0.25) is 0 Å². The van der Waals surface area contributed by atoms with E-state index in [1.54, 1.807) is 19.2 Å². The van der Waals surface area contributed by atoms with Crippen molar-refractivity contribution in [3.05, 3.63) is 53.9 Å². The Bertz CT molecular complexity index is 905. The monoisotopic (exact) mass is 355 g/mol. The molecule has 0 radical (unpaired) electrons. The molecule has 0 aliphatic carbocycles. The van der Waals surface area contributed by atoms with Gasteiger partial charge in [0.05, 0.1) is 18.1 Å². The molecule has 26 heavy (non-hydrogen) atoms. The Kier molecular flexibility index (Phi) is 5.09. The lowest BCUT2D eigenvalue weighted by molar-refractivity contribution is -0.138. The van der Waals surface area contributed by atoms with E-state index < -0.39 is 12.0 Å². The number of nitrogens with two attached hydrogens (primary N) is 1. The molecule has 0 bridgehead atoms. The van der Waals surface area contributed by atoms with Crippen LogP contribution in [0, 0.1) is 0 Å². The second kappa shape index (κ2) is 7.45. The molecule has 1 heterocycles. The highest BCUT2D eigenvalue weighted by Crippen LogP contribution is 2.24. The minimum Gasteiger partial charge on any atom is -0.497 e. The van der Waals surface area contributed by atoms with Gasteiger partial charge in [0.25, 0.3) is 0 Å². The number of imidazole rings is 1. The van der Waals surface area contributed by atoms with Gasteiger partial charge >= 0.3 is 5.97 Å². The average molecular weight is 355 g/mol. The van der Waals surface area contributed by atoms with Crippen LogP contribution in [-0.2, 0) is 11.2 Å². The van der Waals surface area contributed by atoms with Crippen molar-refractivity contribution in [1.82, 2.24) is 9.97 Å². The fraction of sp³-hybridized carbons (Fsp3) is 0.263. The Morgan fingerprint density at radius 1 is 1.23 bits per heavy atom. The van der Waals surface area contributed by atoms with Crippen molar-refractivity contribution in [1.29, 1.82) is 0 Å². The normalized spacial score (nSPS) is 13.3. The minimum atomic E-state index is -1.01. The van der Waals surface area contributed by atoms with E-state index in [9.17, 15) is 4.79 Å². The van der Waals surface area contributed by atoms with E-state index in [1.807, 2.05) is 37.3 Å². The molecule has 136 valence electrons. The SMILES string of the molecule is COc1ccc2nc(C(C)Oc3ccc(CC(N)C(=O)O)cc3)[nH]c2c1. The molecule has 3 aromatic rings. The van der Waals surface area contributed by atoms with Crippen molar-refractivity contribution in [2.75, 3.05) is 7.11 Å². The second-order valence-electron chi connectivity index (χ2n) is 6.06. The summed E-state index contributed by atoms with van der Waals surface area (Å²) in [7, 11) is 1.62. The van der Waals surface area contributed by atoms with Crippen LogP contribution in [0.2, 0.25) is 0 Å². The van der Waals surface area contributed by atoms with Crippen LogP contribution >= 0.6 is 0 Å². The highest BCUT2D eigenvalue weighted by atomic mass is 16.5. The maximum Gasteiger partial charge on any atom is 0.320 e. The lowest BCUT2D eigenvalue weighted by atomic mass is 10.1. The van der Waals surface area contributed by atoms with E-state index in [1.165, 1.54) is 0 Å². The molecule has 7 heteroatoms. The van der Waals surface area contributed by atoms with Gasteiger partial charge in [0.15, 0.2) is 6.10 Å². The molecular formula is C19H21N3O4. The number of aliphatic carboxylic acids is 1. The van der Waals surface area contributed by atoms with Gasteiger partial charge in [0.1, 0.15) is 23.4 Å². The van der Waals surface area contributed by atoms with Gasteiger partial charge in [-0.3, -0.25) is 4.79 Å². The van der Waals surface area contributed by atoms with Gasteiger partial charge in [-0.2, -0.15) is 0 Å². The summed E-state index contributed by atoms with van der Waals surface area (Å²) in [6.45, 7) is 1.91. The van der Waals surface area contributed by atoms with E-state index in [2.05, 4.69) is 9.97 Å². The van der Waals surface area contributed by atoms with Crippen molar-refractivity contribution in [3.63, 3.8) is 0 Å². The molecule has 4 N–H and O–H groups in total. The first-order chi connectivity index (χ1) is 12.5. The summed E-state index contributed by atoms with van der Waals surface area (Å²) in [6.07, 6.45) is -0.00292. The zero-order valence-electron chi connectivity index (χ0n) is 14.6. The number of nitrogens with zero attached hydrogens (tertiary/aromatic N) is 1. The summed E-state index contributed by atoms with van der Waals surface area (Å²) in [5, 5.41) is 8.87. The van der Waals surface area contributed by atoms with Crippen molar-refractivity contribution in [3.8, 4) is 11.5 Å². The Labute approximate surface area is 150 Å². The molecule has 0 fully saturated rings. The number of aromatic amines is 1. The average Bonchev–Trinajstić information content (AvgIpc) is 3.06. The molecule has 3 rings (SSSR count). The number of methoxy groups -OCH3 is 1. The number of hydrogen-bond donors (Lipinski definition) is 3. The molecule has 2 unspecified atom stereocenters. The maximum atomic E-state index is 10.8. The van der Waals surface area contributed by atoms with Crippen LogP contribution in [0.15, 0.2) is 42.5 Å². The zero-order valence-corrected chi connectivity index (χ0v) is 14.6. The number of H-pyrrole nitrogens is 1. The summed E-state index contributed by atoms with van der Waals surface area (Å²) in [4.78, 5) is 18.6. The Balaban J connectivity index is 1.69. The van der Waals surface area contributed by atoms with Gasteiger partial charge in [-0.25, -0.2) is 4.98 Å². The van der Waals surface area contributed by atoms with Crippen LogP contribution in [0.3, 0.4) is 0 Å². The van der Waals surface area contributed by atoms with Gasteiger partial charge in [-0.1, -0.05) is 12.1 Å². The molecular weight excluding hydrogens is 334 g/mol. The Hall–Kier alpha value is -3.06. The van der Waals surface area contributed by atoms with E-state index >= 15 is 0 Å². The quantitative estimate of drug-likeness (QED) is 0.601. The second-order valence-corrected chi connectivity index (χ2v) is 6.06. The third-order valence-corrected chi connectivity index (χ3v) is 4.10. The highest BCUT2D eigenvalue weighted by molar-refractivity contribution is 5.77. The topological polar surface area (TPSA) is 110 Å². The molecule has 2 aromatic carbocycles. The maximum absolute atomic E-state index is 10.8. The van der Waals surface area contributed by atoms with Crippen LogP contribution < -0.4 is 15.2 Å². The number of aromatic nitrogens is 2. The van der Waals surface area contributed by atoms with E-state index in [0.29, 0.717) is 11.6 Å². The molecule has 0 saturated heterocycles. The number of carboxylic acid groups (broad SMARTS) is 1. The minimum absolute atomic E-state index is 0.274. The van der Waals surface area contributed by atoms with Gasteiger partial charge < -0.3 is 25.3 Å². The van der Waals surface area contributed by atoms with Crippen molar-refractivity contribution < 1.29 is 19.4 Å². The third-order valence-electron chi connectivity index (χ3n) is 4.10. The van der Waals surface area contributed by atoms with Crippen molar-refractivity contribution in [2.45, 2.75) is 25.5 Å². The number of nitrogens with one attached hydrogen (secondary N) is 1. The van der Waals surface area contributed by atoms with E-state index in [4.69, 9.17) is 20.3 Å².